The molecule has 0 spiro atoms. The molecule has 2 heterocycles. The van der Waals surface area contributed by atoms with E-state index in [1.807, 2.05) is 52.0 Å². The van der Waals surface area contributed by atoms with Gasteiger partial charge in [-0.25, -0.2) is 4.79 Å². The molecule has 37 heavy (non-hydrogen) atoms. The molecule has 2 fully saturated rings. The van der Waals surface area contributed by atoms with Crippen molar-refractivity contribution in [2.24, 2.45) is 0 Å². The van der Waals surface area contributed by atoms with Gasteiger partial charge in [-0.15, -0.1) is 0 Å². The first-order chi connectivity index (χ1) is 17.6. The van der Waals surface area contributed by atoms with E-state index in [0.717, 1.165) is 45.3 Å². The van der Waals surface area contributed by atoms with E-state index in [2.05, 4.69) is 5.32 Å². The molecule has 2 aromatic carbocycles. The molecule has 3 unspecified atom stereocenters. The van der Waals surface area contributed by atoms with Gasteiger partial charge in [0.15, 0.2) is 6.10 Å². The standard InChI is InChI=1S/C27H32N2O7S/c1-14(13-35-19-9-7-18(8-10-19)11-21-25(30)28-26(31)37-21)29-12-20(36-27(29)32)22-17(4)23(33-5)15(2)16(3)24(22)34-6/h7-10,14,20-21H,11-13H2,1-6H3,(H,28,30,31). The average Bonchev–Trinajstić information content (AvgIpc) is 3.41. The van der Waals surface area contributed by atoms with Gasteiger partial charge in [-0.3, -0.25) is 19.8 Å². The highest BCUT2D eigenvalue weighted by Crippen LogP contribution is 2.43. The predicted octanol–water partition coefficient (Wildman–Crippen LogP) is 4.48. The highest BCUT2D eigenvalue weighted by atomic mass is 32.2. The number of nitrogens with zero attached hydrogens (tertiary/aromatic N) is 1. The number of imide groups is 1. The highest BCUT2D eigenvalue weighted by Gasteiger charge is 2.39. The smallest absolute Gasteiger partial charge is 0.410 e. The summed E-state index contributed by atoms with van der Waals surface area (Å²) in [6.07, 6.45) is -0.432. The van der Waals surface area contributed by atoms with Crippen molar-refractivity contribution in [2.75, 3.05) is 27.4 Å². The maximum absolute atomic E-state index is 12.8. The molecular formula is C27H32N2O7S. The predicted molar refractivity (Wildman–Crippen MR) is 140 cm³/mol. The van der Waals surface area contributed by atoms with Crippen LogP contribution in [0.5, 0.6) is 17.2 Å². The van der Waals surface area contributed by atoms with E-state index in [1.54, 1.807) is 19.1 Å². The first-order valence-corrected chi connectivity index (χ1v) is 12.9. The van der Waals surface area contributed by atoms with Crippen LogP contribution in [0.25, 0.3) is 0 Å². The Hall–Kier alpha value is -3.40. The summed E-state index contributed by atoms with van der Waals surface area (Å²) >= 11 is 1.01. The number of nitrogens with one attached hydrogen (secondary N) is 1. The number of thioether (sulfide) groups is 1. The first kappa shape index (κ1) is 26.7. The molecule has 198 valence electrons. The fraction of sp³-hybridized carbons (Fsp3) is 0.444. The number of carbonyl (C=O) groups is 3. The molecular weight excluding hydrogens is 496 g/mol. The Kier molecular flexibility index (Phi) is 7.87. The lowest BCUT2D eigenvalue weighted by molar-refractivity contribution is -0.118. The van der Waals surface area contributed by atoms with Crippen LogP contribution in [-0.4, -0.2) is 60.8 Å². The summed E-state index contributed by atoms with van der Waals surface area (Å²) in [5.41, 5.74) is 4.59. The Morgan fingerprint density at radius 3 is 2.27 bits per heavy atom. The fourth-order valence-corrected chi connectivity index (χ4v) is 5.69. The Morgan fingerprint density at radius 1 is 1.03 bits per heavy atom. The van der Waals surface area contributed by atoms with Crippen molar-refractivity contribution >= 4 is 29.0 Å². The number of methoxy groups -OCH3 is 2. The third kappa shape index (κ3) is 5.34. The monoisotopic (exact) mass is 528 g/mol. The summed E-state index contributed by atoms with van der Waals surface area (Å²) in [5, 5.41) is 1.58. The molecule has 2 saturated heterocycles. The van der Waals surface area contributed by atoms with E-state index in [0.29, 0.717) is 24.5 Å². The minimum absolute atomic E-state index is 0.235. The molecule has 3 amide bonds. The van der Waals surface area contributed by atoms with E-state index in [1.165, 1.54) is 0 Å². The van der Waals surface area contributed by atoms with Gasteiger partial charge in [-0.05, 0) is 62.9 Å². The Labute approximate surface area is 220 Å². The van der Waals surface area contributed by atoms with E-state index >= 15 is 0 Å². The molecule has 3 atom stereocenters. The zero-order valence-corrected chi connectivity index (χ0v) is 22.7. The second-order valence-electron chi connectivity index (χ2n) is 9.27. The van der Waals surface area contributed by atoms with Crippen LogP contribution in [0.1, 0.15) is 40.8 Å². The molecule has 0 saturated carbocycles. The summed E-state index contributed by atoms with van der Waals surface area (Å²) in [6.45, 7) is 8.46. The zero-order chi connectivity index (χ0) is 26.9. The van der Waals surface area contributed by atoms with Gasteiger partial charge in [0, 0.05) is 11.1 Å². The number of carbonyl (C=O) groups excluding carboxylic acids is 3. The van der Waals surface area contributed by atoms with Gasteiger partial charge < -0.3 is 18.9 Å². The van der Waals surface area contributed by atoms with E-state index in [-0.39, 0.29) is 23.8 Å². The second kappa shape index (κ2) is 10.9. The molecule has 2 aliphatic heterocycles. The fourth-order valence-electron chi connectivity index (χ4n) is 4.83. The number of hydrogen-bond donors (Lipinski definition) is 1. The molecule has 4 rings (SSSR count). The van der Waals surface area contributed by atoms with E-state index in [9.17, 15) is 14.4 Å². The van der Waals surface area contributed by atoms with Crippen LogP contribution in [0, 0.1) is 20.8 Å². The molecule has 9 nitrogen and oxygen atoms in total. The van der Waals surface area contributed by atoms with Crippen molar-refractivity contribution in [3.8, 4) is 17.2 Å². The number of cyclic esters (lactones) is 1. The SMILES string of the molecule is COc1c(C)c(C)c(OC)c(C2CN(C(C)COc3ccc(CC4SC(=O)NC4=O)cc3)C(=O)O2)c1C. The largest absolute Gasteiger partial charge is 0.496 e. The maximum atomic E-state index is 12.8. The van der Waals surface area contributed by atoms with Crippen molar-refractivity contribution in [3.63, 3.8) is 0 Å². The van der Waals surface area contributed by atoms with Gasteiger partial charge in [0.2, 0.25) is 5.91 Å². The molecule has 0 aromatic heterocycles. The van der Waals surface area contributed by atoms with Crippen molar-refractivity contribution in [1.29, 1.82) is 0 Å². The van der Waals surface area contributed by atoms with Crippen LogP contribution >= 0.6 is 11.8 Å². The summed E-state index contributed by atoms with van der Waals surface area (Å²) in [4.78, 5) is 37.6. The highest BCUT2D eigenvalue weighted by molar-refractivity contribution is 8.15. The van der Waals surface area contributed by atoms with Crippen LogP contribution in [-0.2, 0) is 16.0 Å². The molecule has 0 radical (unpaired) electrons. The number of hydrogen-bond acceptors (Lipinski definition) is 8. The van der Waals surface area contributed by atoms with Crippen LogP contribution < -0.4 is 19.5 Å². The van der Waals surface area contributed by atoms with Gasteiger partial charge in [-0.2, -0.15) is 0 Å². The maximum Gasteiger partial charge on any atom is 0.410 e. The van der Waals surface area contributed by atoms with E-state index < -0.39 is 17.4 Å². The average molecular weight is 529 g/mol. The molecule has 2 aromatic rings. The van der Waals surface area contributed by atoms with Crippen LogP contribution in [0.4, 0.5) is 9.59 Å². The lowest BCUT2D eigenvalue weighted by Crippen LogP contribution is -2.38. The third-order valence-corrected chi connectivity index (χ3v) is 7.92. The number of benzene rings is 2. The van der Waals surface area contributed by atoms with Crippen molar-refractivity contribution in [2.45, 2.75) is 51.5 Å². The van der Waals surface area contributed by atoms with Gasteiger partial charge in [0.25, 0.3) is 5.24 Å². The van der Waals surface area contributed by atoms with Crippen molar-refractivity contribution < 1.29 is 33.3 Å². The van der Waals surface area contributed by atoms with Gasteiger partial charge in [0.1, 0.15) is 23.9 Å². The Balaban J connectivity index is 1.39. The normalized spacial score (nSPS) is 20.1. The van der Waals surface area contributed by atoms with Crippen molar-refractivity contribution in [3.05, 3.63) is 52.1 Å². The van der Waals surface area contributed by atoms with Crippen LogP contribution in [0.2, 0.25) is 0 Å². The number of rotatable bonds is 9. The van der Waals surface area contributed by atoms with Crippen LogP contribution in [0.15, 0.2) is 24.3 Å². The minimum atomic E-state index is -0.491. The minimum Gasteiger partial charge on any atom is -0.496 e. The lowest BCUT2D eigenvalue weighted by Gasteiger charge is -2.24. The summed E-state index contributed by atoms with van der Waals surface area (Å²) in [5.74, 6) is 1.86. The molecule has 10 heteroatoms. The lowest BCUT2D eigenvalue weighted by atomic mass is 9.93. The van der Waals surface area contributed by atoms with Crippen molar-refractivity contribution in [1.82, 2.24) is 10.2 Å². The van der Waals surface area contributed by atoms with E-state index in [4.69, 9.17) is 18.9 Å². The van der Waals surface area contributed by atoms with Gasteiger partial charge >= 0.3 is 6.09 Å². The quantitative estimate of drug-likeness (QED) is 0.508. The number of ether oxygens (including phenoxy) is 4. The van der Waals surface area contributed by atoms with Gasteiger partial charge in [0.05, 0.1) is 32.1 Å². The summed E-state index contributed by atoms with van der Waals surface area (Å²) in [6, 6.07) is 7.16. The Morgan fingerprint density at radius 2 is 1.68 bits per heavy atom. The molecule has 0 aliphatic carbocycles. The summed E-state index contributed by atoms with van der Waals surface area (Å²) < 4.78 is 23.1. The molecule has 2 aliphatic rings. The number of amides is 3. The third-order valence-electron chi connectivity index (χ3n) is 6.94. The van der Waals surface area contributed by atoms with Crippen LogP contribution in [0.3, 0.4) is 0 Å². The molecule has 0 bridgehead atoms. The first-order valence-electron chi connectivity index (χ1n) is 12.1. The van der Waals surface area contributed by atoms with Gasteiger partial charge in [-0.1, -0.05) is 23.9 Å². The topological polar surface area (TPSA) is 103 Å². The second-order valence-corrected chi connectivity index (χ2v) is 10.4. The molecule has 1 N–H and O–H groups in total. The zero-order valence-electron chi connectivity index (χ0n) is 21.9. The summed E-state index contributed by atoms with van der Waals surface area (Å²) in [7, 11) is 3.25. The Bertz CT molecular complexity index is 1210.